The maximum absolute atomic E-state index is 10.0. The van der Waals surface area contributed by atoms with Crippen molar-refractivity contribution in [1.82, 2.24) is 0 Å². The van der Waals surface area contributed by atoms with Crippen LogP contribution in [0.4, 0.5) is 0 Å². The van der Waals surface area contributed by atoms with Crippen LogP contribution in [0.3, 0.4) is 0 Å². The van der Waals surface area contributed by atoms with Crippen LogP contribution in [0.1, 0.15) is 22.3 Å². The van der Waals surface area contributed by atoms with Crippen LogP contribution in [0.5, 0.6) is 11.5 Å². The normalized spacial score (nSPS) is 10.7. The highest BCUT2D eigenvalue weighted by Gasteiger charge is 2.14. The second-order valence-corrected chi connectivity index (χ2v) is 5.83. The van der Waals surface area contributed by atoms with Gasteiger partial charge in [0, 0.05) is 0 Å². The molecule has 0 unspecified atom stereocenters. The molecule has 0 saturated heterocycles. The lowest BCUT2D eigenvalue weighted by atomic mass is 10.1. The summed E-state index contributed by atoms with van der Waals surface area (Å²) in [6.07, 6.45) is 0. The highest BCUT2D eigenvalue weighted by molar-refractivity contribution is 7.99. The lowest BCUT2D eigenvalue weighted by Crippen LogP contribution is -1.89. The van der Waals surface area contributed by atoms with Gasteiger partial charge in [0.1, 0.15) is 11.5 Å². The average Bonchev–Trinajstić information content (AvgIpc) is 2.38. The van der Waals surface area contributed by atoms with E-state index in [1.165, 1.54) is 11.8 Å². The second-order valence-electron chi connectivity index (χ2n) is 4.81. The molecule has 19 heavy (non-hydrogen) atoms. The van der Waals surface area contributed by atoms with Crippen molar-refractivity contribution in [3.63, 3.8) is 0 Å². The lowest BCUT2D eigenvalue weighted by molar-refractivity contribution is 0.458. The standard InChI is InChI=1S/C16H18O2S/c1-9-5-7-13(17)15(11(9)3)19-16-12(4)10(2)6-8-14(16)18/h5-8,17-18H,1-4H3. The third-order valence-electron chi connectivity index (χ3n) is 3.52. The zero-order chi connectivity index (χ0) is 14.2. The minimum atomic E-state index is 0.258. The molecule has 0 spiro atoms. The van der Waals surface area contributed by atoms with Crippen molar-refractivity contribution in [1.29, 1.82) is 0 Å². The molecule has 0 atom stereocenters. The van der Waals surface area contributed by atoms with Gasteiger partial charge in [-0.3, -0.25) is 0 Å². The Balaban J connectivity index is 2.54. The van der Waals surface area contributed by atoms with Crippen LogP contribution in [-0.2, 0) is 0 Å². The van der Waals surface area contributed by atoms with Gasteiger partial charge in [-0.15, -0.1) is 0 Å². The molecule has 0 aliphatic carbocycles. The summed E-state index contributed by atoms with van der Waals surface area (Å²) in [6, 6.07) is 7.20. The molecule has 0 amide bonds. The van der Waals surface area contributed by atoms with Gasteiger partial charge < -0.3 is 10.2 Å². The Morgan fingerprint density at radius 2 is 1.05 bits per heavy atom. The van der Waals surface area contributed by atoms with Crippen LogP contribution in [0.2, 0.25) is 0 Å². The summed E-state index contributed by atoms with van der Waals surface area (Å²) < 4.78 is 0. The summed E-state index contributed by atoms with van der Waals surface area (Å²) in [6.45, 7) is 8.00. The first-order valence-corrected chi connectivity index (χ1v) is 6.99. The largest absolute Gasteiger partial charge is 0.507 e. The Bertz CT molecular complexity index is 578. The molecule has 0 bridgehead atoms. The summed E-state index contributed by atoms with van der Waals surface area (Å²) >= 11 is 1.42. The predicted octanol–water partition coefficient (Wildman–Crippen LogP) is 4.48. The zero-order valence-electron chi connectivity index (χ0n) is 11.6. The number of rotatable bonds is 2. The van der Waals surface area contributed by atoms with Gasteiger partial charge in [-0.05, 0) is 62.1 Å². The third-order valence-corrected chi connectivity index (χ3v) is 4.95. The van der Waals surface area contributed by atoms with Crippen LogP contribution in [0.15, 0.2) is 34.1 Å². The van der Waals surface area contributed by atoms with Crippen molar-refractivity contribution in [2.45, 2.75) is 37.5 Å². The van der Waals surface area contributed by atoms with Crippen LogP contribution in [0, 0.1) is 27.7 Å². The number of benzene rings is 2. The summed E-state index contributed by atoms with van der Waals surface area (Å²) in [4.78, 5) is 1.62. The van der Waals surface area contributed by atoms with Crippen molar-refractivity contribution in [3.8, 4) is 11.5 Å². The fourth-order valence-electron chi connectivity index (χ4n) is 1.91. The molecule has 0 fully saturated rings. The Morgan fingerprint density at radius 3 is 1.42 bits per heavy atom. The van der Waals surface area contributed by atoms with E-state index in [-0.39, 0.29) is 11.5 Å². The first-order chi connectivity index (χ1) is 8.91. The number of aryl methyl sites for hydroxylation is 2. The monoisotopic (exact) mass is 274 g/mol. The molecule has 0 aromatic heterocycles. The van der Waals surface area contributed by atoms with Crippen molar-refractivity contribution >= 4 is 11.8 Å². The molecule has 2 aromatic rings. The van der Waals surface area contributed by atoms with Crippen molar-refractivity contribution in [2.75, 3.05) is 0 Å². The quantitative estimate of drug-likeness (QED) is 0.848. The topological polar surface area (TPSA) is 40.5 Å². The van der Waals surface area contributed by atoms with Gasteiger partial charge in [0.15, 0.2) is 0 Å². The number of aromatic hydroxyl groups is 2. The predicted molar refractivity (Wildman–Crippen MR) is 79.3 cm³/mol. The van der Waals surface area contributed by atoms with Crippen LogP contribution >= 0.6 is 11.8 Å². The molecule has 0 heterocycles. The van der Waals surface area contributed by atoms with E-state index in [9.17, 15) is 10.2 Å². The van der Waals surface area contributed by atoms with Gasteiger partial charge in [0.25, 0.3) is 0 Å². The molecular weight excluding hydrogens is 256 g/mol. The highest BCUT2D eigenvalue weighted by atomic mass is 32.2. The first kappa shape index (κ1) is 13.8. The van der Waals surface area contributed by atoms with E-state index in [2.05, 4.69) is 0 Å². The van der Waals surface area contributed by atoms with E-state index in [1.54, 1.807) is 12.1 Å². The minimum absolute atomic E-state index is 0.258. The Kier molecular flexibility index (Phi) is 3.76. The van der Waals surface area contributed by atoms with Crippen molar-refractivity contribution < 1.29 is 10.2 Å². The maximum atomic E-state index is 10.0. The zero-order valence-corrected chi connectivity index (χ0v) is 12.4. The SMILES string of the molecule is Cc1ccc(O)c(Sc2c(O)ccc(C)c2C)c1C. The maximum Gasteiger partial charge on any atom is 0.129 e. The van der Waals surface area contributed by atoms with Crippen LogP contribution < -0.4 is 0 Å². The molecule has 2 rings (SSSR count). The van der Waals surface area contributed by atoms with Gasteiger partial charge in [-0.2, -0.15) is 0 Å². The number of phenols is 2. The summed E-state index contributed by atoms with van der Waals surface area (Å²) in [5.41, 5.74) is 4.35. The lowest BCUT2D eigenvalue weighted by Gasteiger charge is -2.14. The highest BCUT2D eigenvalue weighted by Crippen LogP contribution is 2.43. The van der Waals surface area contributed by atoms with Crippen molar-refractivity contribution in [2.24, 2.45) is 0 Å². The molecule has 0 aliphatic heterocycles. The van der Waals surface area contributed by atoms with E-state index in [1.807, 2.05) is 39.8 Å². The first-order valence-electron chi connectivity index (χ1n) is 6.18. The Hall–Kier alpha value is -1.61. The van der Waals surface area contributed by atoms with Gasteiger partial charge in [-0.25, -0.2) is 0 Å². The van der Waals surface area contributed by atoms with E-state index in [0.29, 0.717) is 0 Å². The fourth-order valence-corrected chi connectivity index (χ4v) is 3.09. The van der Waals surface area contributed by atoms with Gasteiger partial charge in [0.2, 0.25) is 0 Å². The third kappa shape index (κ3) is 2.56. The summed E-state index contributed by atoms with van der Waals surface area (Å²) in [5, 5.41) is 20.1. The molecule has 3 heteroatoms. The molecule has 0 saturated carbocycles. The van der Waals surface area contributed by atoms with Gasteiger partial charge in [-0.1, -0.05) is 23.9 Å². The fraction of sp³-hybridized carbons (Fsp3) is 0.250. The molecule has 0 aliphatic rings. The van der Waals surface area contributed by atoms with E-state index < -0.39 is 0 Å². The van der Waals surface area contributed by atoms with Crippen LogP contribution in [0.25, 0.3) is 0 Å². The van der Waals surface area contributed by atoms with E-state index in [4.69, 9.17) is 0 Å². The van der Waals surface area contributed by atoms with Gasteiger partial charge in [0.05, 0.1) is 9.79 Å². The number of hydrogen-bond donors (Lipinski definition) is 2. The molecule has 2 N–H and O–H groups in total. The second kappa shape index (κ2) is 5.17. The Labute approximate surface area is 118 Å². The van der Waals surface area contributed by atoms with Gasteiger partial charge >= 0.3 is 0 Å². The smallest absolute Gasteiger partial charge is 0.129 e. The van der Waals surface area contributed by atoms with E-state index in [0.717, 1.165) is 32.0 Å². The Morgan fingerprint density at radius 1 is 0.684 bits per heavy atom. The van der Waals surface area contributed by atoms with Crippen LogP contribution in [-0.4, -0.2) is 10.2 Å². The minimum Gasteiger partial charge on any atom is -0.507 e. The average molecular weight is 274 g/mol. The number of hydrogen-bond acceptors (Lipinski definition) is 3. The summed E-state index contributed by atoms with van der Waals surface area (Å²) in [7, 11) is 0. The molecule has 0 radical (unpaired) electrons. The molecule has 2 nitrogen and oxygen atoms in total. The molecular formula is C16H18O2S. The summed E-state index contributed by atoms with van der Waals surface area (Å²) in [5.74, 6) is 0.516. The van der Waals surface area contributed by atoms with Crippen molar-refractivity contribution in [3.05, 3.63) is 46.5 Å². The van der Waals surface area contributed by atoms with E-state index >= 15 is 0 Å². The number of phenolic OH excluding ortho intramolecular Hbond substituents is 2. The molecule has 2 aromatic carbocycles. The molecule has 100 valence electrons.